The number of thioether (sulfide) groups is 1. The predicted molar refractivity (Wildman–Crippen MR) is 100 cm³/mol. The number of carbonyl (C=O) groups excluding carboxylic acids is 2. The number of amides is 2. The van der Waals surface area contributed by atoms with Crippen molar-refractivity contribution >= 4 is 29.4 Å². The minimum atomic E-state index is -0.595. The third-order valence-electron chi connectivity index (χ3n) is 5.05. The van der Waals surface area contributed by atoms with Crippen molar-refractivity contribution in [3.05, 3.63) is 11.3 Å². The molecule has 0 saturated heterocycles. The molecule has 3 rings (SSSR count). The highest BCUT2D eigenvalue weighted by molar-refractivity contribution is 7.98. The standard InChI is InChI=1S/C18H28N4O2S/c1-11-7-5-6-8-13(11)19-16(23)17(24)20-15-12-9-25-10-14(12)21-22(15)18(2,3)4/h11,13H,5-10H2,1-4H3,(H,19,23)(H,20,24)/t11-,13+/m1/s1. The van der Waals surface area contributed by atoms with Crippen LogP contribution in [-0.2, 0) is 26.6 Å². The van der Waals surface area contributed by atoms with Gasteiger partial charge in [-0.2, -0.15) is 16.9 Å². The van der Waals surface area contributed by atoms with Crippen LogP contribution in [0.3, 0.4) is 0 Å². The molecule has 2 N–H and O–H groups in total. The molecular weight excluding hydrogens is 336 g/mol. The number of aromatic nitrogens is 2. The average molecular weight is 365 g/mol. The third kappa shape index (κ3) is 3.86. The second-order valence-electron chi connectivity index (χ2n) is 8.15. The Balaban J connectivity index is 1.73. The van der Waals surface area contributed by atoms with Gasteiger partial charge in [0.1, 0.15) is 5.82 Å². The van der Waals surface area contributed by atoms with Crippen LogP contribution in [0.1, 0.15) is 64.6 Å². The van der Waals surface area contributed by atoms with E-state index >= 15 is 0 Å². The van der Waals surface area contributed by atoms with E-state index in [4.69, 9.17) is 0 Å². The molecule has 25 heavy (non-hydrogen) atoms. The fraction of sp³-hybridized carbons (Fsp3) is 0.722. The van der Waals surface area contributed by atoms with Gasteiger partial charge in [0.2, 0.25) is 0 Å². The van der Waals surface area contributed by atoms with Crippen LogP contribution < -0.4 is 10.6 Å². The van der Waals surface area contributed by atoms with Gasteiger partial charge in [-0.05, 0) is 39.5 Å². The molecule has 1 fully saturated rings. The van der Waals surface area contributed by atoms with Gasteiger partial charge in [-0.3, -0.25) is 9.59 Å². The summed E-state index contributed by atoms with van der Waals surface area (Å²) in [6, 6.07) is 0.0980. The SMILES string of the molecule is C[C@@H]1CCCC[C@@H]1NC(=O)C(=O)Nc1c2c(nn1C(C)(C)C)CSC2. The van der Waals surface area contributed by atoms with Crippen LogP contribution in [0, 0.1) is 5.92 Å². The predicted octanol–water partition coefficient (Wildman–Crippen LogP) is 3.02. The molecule has 2 atom stereocenters. The van der Waals surface area contributed by atoms with Crippen molar-refractivity contribution in [2.75, 3.05) is 5.32 Å². The molecule has 0 unspecified atom stereocenters. The summed E-state index contributed by atoms with van der Waals surface area (Å²) in [6.07, 6.45) is 4.37. The van der Waals surface area contributed by atoms with E-state index in [1.54, 1.807) is 11.8 Å². The summed E-state index contributed by atoms with van der Waals surface area (Å²) < 4.78 is 1.84. The minimum Gasteiger partial charge on any atom is -0.345 e. The molecule has 0 bridgehead atoms. The molecule has 0 spiro atoms. The first kappa shape index (κ1) is 18.3. The van der Waals surface area contributed by atoms with E-state index in [0.717, 1.165) is 42.0 Å². The first-order chi connectivity index (χ1) is 11.8. The first-order valence-electron chi connectivity index (χ1n) is 9.08. The summed E-state index contributed by atoms with van der Waals surface area (Å²) in [6.45, 7) is 8.27. The van der Waals surface area contributed by atoms with E-state index in [-0.39, 0.29) is 11.6 Å². The van der Waals surface area contributed by atoms with Crippen LogP contribution in [0.4, 0.5) is 5.82 Å². The topological polar surface area (TPSA) is 76.0 Å². The smallest absolute Gasteiger partial charge is 0.314 e. The summed E-state index contributed by atoms with van der Waals surface area (Å²) in [5.41, 5.74) is 1.80. The molecule has 1 aliphatic heterocycles. The van der Waals surface area contributed by atoms with Crippen molar-refractivity contribution in [3.8, 4) is 0 Å². The van der Waals surface area contributed by atoms with Gasteiger partial charge in [0.15, 0.2) is 0 Å². The van der Waals surface area contributed by atoms with E-state index in [1.807, 2.05) is 25.5 Å². The van der Waals surface area contributed by atoms with Crippen LogP contribution in [-0.4, -0.2) is 27.6 Å². The number of carbonyl (C=O) groups is 2. The number of hydrogen-bond donors (Lipinski definition) is 2. The first-order valence-corrected chi connectivity index (χ1v) is 10.2. The van der Waals surface area contributed by atoms with Gasteiger partial charge in [0.05, 0.1) is 11.2 Å². The number of hydrogen-bond acceptors (Lipinski definition) is 4. The summed E-state index contributed by atoms with van der Waals surface area (Å²) in [7, 11) is 0. The van der Waals surface area contributed by atoms with Gasteiger partial charge in [0, 0.05) is 23.1 Å². The molecule has 6 nitrogen and oxygen atoms in total. The van der Waals surface area contributed by atoms with Gasteiger partial charge in [0.25, 0.3) is 0 Å². The molecule has 0 radical (unpaired) electrons. The van der Waals surface area contributed by atoms with Crippen LogP contribution in [0.15, 0.2) is 0 Å². The summed E-state index contributed by atoms with van der Waals surface area (Å²) in [5, 5.41) is 10.4. The maximum Gasteiger partial charge on any atom is 0.314 e. The maximum absolute atomic E-state index is 12.5. The Kier molecular flexibility index (Phi) is 5.14. The van der Waals surface area contributed by atoms with Crippen molar-refractivity contribution in [2.45, 2.75) is 76.5 Å². The highest BCUT2D eigenvalue weighted by Gasteiger charge is 2.31. The highest BCUT2D eigenvalue weighted by atomic mass is 32.2. The average Bonchev–Trinajstić information content (AvgIpc) is 3.11. The fourth-order valence-corrected chi connectivity index (χ4v) is 4.59. The molecule has 138 valence electrons. The Morgan fingerprint density at radius 3 is 2.56 bits per heavy atom. The Bertz CT molecular complexity index is 677. The largest absolute Gasteiger partial charge is 0.345 e. The van der Waals surface area contributed by atoms with E-state index in [0.29, 0.717) is 11.7 Å². The van der Waals surface area contributed by atoms with Crippen LogP contribution in [0.25, 0.3) is 0 Å². The quantitative estimate of drug-likeness (QED) is 0.791. The molecule has 2 aliphatic rings. The van der Waals surface area contributed by atoms with Crippen molar-refractivity contribution in [3.63, 3.8) is 0 Å². The number of nitrogens with zero attached hydrogens (tertiary/aromatic N) is 2. The Hall–Kier alpha value is -1.50. The Morgan fingerprint density at radius 1 is 1.16 bits per heavy atom. The van der Waals surface area contributed by atoms with Crippen molar-refractivity contribution in [1.29, 1.82) is 0 Å². The van der Waals surface area contributed by atoms with Crippen molar-refractivity contribution in [1.82, 2.24) is 15.1 Å². The zero-order valence-electron chi connectivity index (χ0n) is 15.5. The number of anilines is 1. The van der Waals surface area contributed by atoms with Gasteiger partial charge >= 0.3 is 11.8 Å². The number of rotatable bonds is 2. The molecule has 2 amide bonds. The summed E-state index contributed by atoms with van der Waals surface area (Å²) >= 11 is 1.78. The Morgan fingerprint density at radius 2 is 1.88 bits per heavy atom. The second-order valence-corrected chi connectivity index (χ2v) is 9.13. The molecule has 1 aromatic heterocycles. The van der Waals surface area contributed by atoms with Gasteiger partial charge in [-0.25, -0.2) is 4.68 Å². The van der Waals surface area contributed by atoms with Gasteiger partial charge in [-0.15, -0.1) is 0 Å². The molecule has 2 heterocycles. The Labute approximate surface area is 153 Å². The fourth-order valence-electron chi connectivity index (χ4n) is 3.56. The monoisotopic (exact) mass is 364 g/mol. The summed E-state index contributed by atoms with van der Waals surface area (Å²) in [5.74, 6) is 1.63. The lowest BCUT2D eigenvalue weighted by Crippen LogP contribution is -2.46. The van der Waals surface area contributed by atoms with E-state index in [2.05, 4.69) is 22.7 Å². The van der Waals surface area contributed by atoms with E-state index < -0.39 is 11.8 Å². The summed E-state index contributed by atoms with van der Waals surface area (Å²) in [4.78, 5) is 24.9. The zero-order chi connectivity index (χ0) is 18.2. The third-order valence-corrected chi connectivity index (χ3v) is 6.02. The van der Waals surface area contributed by atoms with Crippen LogP contribution in [0.2, 0.25) is 0 Å². The second kappa shape index (κ2) is 7.02. The molecule has 1 aliphatic carbocycles. The number of fused-ring (bicyclic) bond motifs is 1. The lowest BCUT2D eigenvalue weighted by Gasteiger charge is -2.29. The van der Waals surface area contributed by atoms with E-state index in [9.17, 15) is 9.59 Å². The van der Waals surface area contributed by atoms with E-state index in [1.165, 1.54) is 6.42 Å². The highest BCUT2D eigenvalue weighted by Crippen LogP contribution is 2.37. The van der Waals surface area contributed by atoms with Gasteiger partial charge < -0.3 is 10.6 Å². The van der Waals surface area contributed by atoms with Gasteiger partial charge in [-0.1, -0.05) is 19.8 Å². The normalized spacial score (nSPS) is 23.2. The maximum atomic E-state index is 12.5. The van der Waals surface area contributed by atoms with Crippen LogP contribution in [0.5, 0.6) is 0 Å². The van der Waals surface area contributed by atoms with Crippen LogP contribution >= 0.6 is 11.8 Å². The molecule has 1 aromatic rings. The lowest BCUT2D eigenvalue weighted by molar-refractivity contribution is -0.137. The van der Waals surface area contributed by atoms with Crippen molar-refractivity contribution in [2.24, 2.45) is 5.92 Å². The molecule has 0 aromatic carbocycles. The van der Waals surface area contributed by atoms with Crippen molar-refractivity contribution < 1.29 is 9.59 Å². The molecule has 7 heteroatoms. The number of nitrogens with one attached hydrogen (secondary N) is 2. The molecular formula is C18H28N4O2S. The zero-order valence-corrected chi connectivity index (χ0v) is 16.3. The minimum absolute atomic E-state index is 0.0980. The lowest BCUT2D eigenvalue weighted by atomic mass is 9.86. The molecule has 1 saturated carbocycles.